The van der Waals surface area contributed by atoms with Crippen LogP contribution in [0.4, 0.5) is 34.1 Å². The van der Waals surface area contributed by atoms with E-state index in [0.29, 0.717) is 5.69 Å². The molecule has 0 fully saturated rings. The minimum Gasteiger partial charge on any atom is -0.310 e. The van der Waals surface area contributed by atoms with Crippen molar-refractivity contribution in [3.63, 3.8) is 0 Å². The van der Waals surface area contributed by atoms with Crippen LogP contribution in [0.5, 0.6) is 0 Å². The van der Waals surface area contributed by atoms with Gasteiger partial charge in [0.2, 0.25) is 0 Å². The summed E-state index contributed by atoms with van der Waals surface area (Å²) in [5, 5.41) is 2.26. The smallest absolute Gasteiger partial charge is 0.252 e. The van der Waals surface area contributed by atoms with Gasteiger partial charge in [-0.25, -0.2) is 0 Å². The Morgan fingerprint density at radius 1 is 0.264 bits per heavy atom. The maximum Gasteiger partial charge on any atom is 0.252 e. The molecule has 6 heteroatoms. The van der Waals surface area contributed by atoms with Crippen molar-refractivity contribution in [3.05, 3.63) is 324 Å². The lowest BCUT2D eigenvalue weighted by molar-refractivity contribution is 0.532. The molecule has 0 bridgehead atoms. The lowest BCUT2D eigenvalue weighted by Gasteiger charge is -2.46. The van der Waals surface area contributed by atoms with Crippen molar-refractivity contribution >= 4 is 101 Å². The Hall–Kier alpha value is -11.7. The predicted octanol–water partition coefficient (Wildman–Crippen LogP) is 30.1. The molecule has 606 valence electrons. The van der Waals surface area contributed by atoms with Crippen LogP contribution in [0, 0.1) is 0 Å². The van der Waals surface area contributed by atoms with Gasteiger partial charge in [-0.2, -0.15) is 0 Å². The Labute approximate surface area is 731 Å². The molecular weight excluding hydrogens is 1460 g/mol. The van der Waals surface area contributed by atoms with Gasteiger partial charge in [-0.05, 0) is 207 Å². The molecule has 16 aromatic rings. The van der Waals surface area contributed by atoms with Crippen molar-refractivity contribution in [3.8, 4) is 67.0 Å². The second kappa shape index (κ2) is 28.5. The average Bonchev–Trinajstić information content (AvgIpc) is 1.36. The second-order valence-corrected chi connectivity index (χ2v) is 42.4. The summed E-state index contributed by atoms with van der Waals surface area (Å²) in [6, 6.07) is 82.6. The highest BCUT2D eigenvalue weighted by atomic mass is 15.2. The predicted molar refractivity (Wildman–Crippen MR) is 524 cm³/mol. The highest BCUT2D eigenvalue weighted by molar-refractivity contribution is 7.00. The molecule has 121 heavy (non-hydrogen) atoms. The highest BCUT2D eigenvalue weighted by Gasteiger charge is 2.47. The molecule has 0 saturated heterocycles. The van der Waals surface area contributed by atoms with E-state index >= 15 is 0 Å². The van der Waals surface area contributed by atoms with Crippen LogP contribution in [0.3, 0.4) is 0 Å². The molecule has 0 aliphatic carbocycles. The first kappa shape index (κ1) is 71.1. The number of benzene rings is 13. The van der Waals surface area contributed by atoms with Crippen LogP contribution in [-0.4, -0.2) is 20.8 Å². The normalized spacial score (nSPS) is 14.5. The standard InChI is InChI=1S/C115H118BN5/c1-108(2,3)76-49-55-97-90(62-76)91-63-77(109(4,5)6)50-56-98(91)118(97)82-51-54-94-100(68-82)121(106-89(73-42-32-27-33-43-73)66-81(113(16,17)18)67-92(106)86-52-57-103(114(19,20)21)117-107(86)115(22,23)24)102-70-83(119-95-46-36-34-44-84(95)85-45-35-37-47-96(85)119)69-101-104(102)116(94)93-53-48-74(75-58-78(110(7,8)9)61-79(59-75)111(10,11)12)60-99(93)120(101)105-87(71-38-28-25-29-39-71)64-80(112(13,14)15)65-88(105)72-40-30-26-31-41-72/h25-70H,1-24H3/i34D,35D,36D,37D,44D,45D,46D,47D. The van der Waals surface area contributed by atoms with Gasteiger partial charge < -0.3 is 18.9 Å². The Bertz CT molecular complexity index is 7100. The van der Waals surface area contributed by atoms with E-state index in [1.165, 1.54) is 22.3 Å². The lowest BCUT2D eigenvalue weighted by Crippen LogP contribution is -2.61. The first-order valence-electron chi connectivity index (χ1n) is 47.3. The average molecular weight is 1590 g/mol. The molecule has 2 aliphatic rings. The van der Waals surface area contributed by atoms with Crippen molar-refractivity contribution in [1.82, 2.24) is 14.1 Å². The zero-order valence-corrected chi connectivity index (χ0v) is 75.3. The van der Waals surface area contributed by atoms with E-state index < -0.39 is 65.9 Å². The van der Waals surface area contributed by atoms with Gasteiger partial charge in [-0.1, -0.05) is 348 Å². The lowest BCUT2D eigenvalue weighted by atomic mass is 9.33. The largest absolute Gasteiger partial charge is 0.310 e. The van der Waals surface area contributed by atoms with Crippen molar-refractivity contribution in [2.24, 2.45) is 0 Å². The Morgan fingerprint density at radius 2 is 0.653 bits per heavy atom. The summed E-state index contributed by atoms with van der Waals surface area (Å²) in [5.74, 6) is 0. The monoisotopic (exact) mass is 1590 g/mol. The topological polar surface area (TPSA) is 29.2 Å². The number of anilines is 6. The Morgan fingerprint density at radius 3 is 1.08 bits per heavy atom. The Kier molecular flexibility index (Phi) is 16.7. The number of nitrogens with zero attached hydrogens (tertiary/aromatic N) is 5. The molecule has 0 saturated carbocycles. The quantitative estimate of drug-likeness (QED) is 0.135. The number of aromatic nitrogens is 3. The first-order valence-corrected chi connectivity index (χ1v) is 43.3. The molecule has 0 N–H and O–H groups in total. The highest BCUT2D eigenvalue weighted by Crippen LogP contribution is 2.57. The number of hydrogen-bond donors (Lipinski definition) is 0. The molecule has 2 aliphatic heterocycles. The van der Waals surface area contributed by atoms with Crippen LogP contribution in [0.2, 0.25) is 0 Å². The summed E-state index contributed by atoms with van der Waals surface area (Å²) < 4.78 is 84.0. The molecular formula is C115H118BN5. The second-order valence-electron chi connectivity index (χ2n) is 42.4. The summed E-state index contributed by atoms with van der Waals surface area (Å²) in [7, 11) is 0. The molecule has 0 radical (unpaired) electrons. The van der Waals surface area contributed by atoms with Gasteiger partial charge in [0, 0.05) is 94.3 Å². The molecule has 5 heterocycles. The van der Waals surface area contributed by atoms with Gasteiger partial charge in [-0.15, -0.1) is 0 Å². The zero-order valence-electron chi connectivity index (χ0n) is 83.3. The van der Waals surface area contributed by atoms with Crippen LogP contribution in [-0.2, 0) is 43.3 Å². The van der Waals surface area contributed by atoms with Crippen molar-refractivity contribution in [2.45, 2.75) is 209 Å². The van der Waals surface area contributed by atoms with E-state index in [1.54, 1.807) is 4.57 Å². The van der Waals surface area contributed by atoms with Crippen LogP contribution in [0.1, 0.15) is 222 Å². The van der Waals surface area contributed by atoms with Gasteiger partial charge in [0.1, 0.15) is 0 Å². The molecule has 0 unspecified atom stereocenters. The van der Waals surface area contributed by atoms with Gasteiger partial charge >= 0.3 is 0 Å². The first-order chi connectivity index (χ1) is 60.4. The van der Waals surface area contributed by atoms with Crippen molar-refractivity contribution in [2.75, 3.05) is 9.80 Å². The van der Waals surface area contributed by atoms with E-state index in [9.17, 15) is 11.0 Å². The summed E-state index contributed by atoms with van der Waals surface area (Å²) >= 11 is 0. The zero-order chi connectivity index (χ0) is 92.4. The molecule has 18 rings (SSSR count). The van der Waals surface area contributed by atoms with Crippen molar-refractivity contribution < 1.29 is 11.0 Å². The summed E-state index contributed by atoms with van der Waals surface area (Å²) in [5.41, 5.74) is 27.5. The van der Waals surface area contributed by atoms with E-state index in [4.69, 9.17) is 4.98 Å². The number of pyridine rings is 1. The molecule has 0 spiro atoms. The molecule has 0 atom stereocenters. The van der Waals surface area contributed by atoms with Gasteiger partial charge in [0.15, 0.2) is 0 Å². The van der Waals surface area contributed by atoms with Crippen LogP contribution < -0.4 is 26.2 Å². The number of para-hydroxylation sites is 2. The van der Waals surface area contributed by atoms with E-state index in [2.05, 4.69) is 411 Å². The van der Waals surface area contributed by atoms with Crippen LogP contribution >= 0.6 is 0 Å². The number of rotatable bonds is 9. The summed E-state index contributed by atoms with van der Waals surface area (Å²) in [6.07, 6.45) is 0. The summed E-state index contributed by atoms with van der Waals surface area (Å²) in [6.45, 7) is 54.1. The van der Waals surface area contributed by atoms with Gasteiger partial charge in [-0.3, -0.25) is 4.98 Å². The van der Waals surface area contributed by atoms with E-state index in [0.717, 1.165) is 156 Å². The van der Waals surface area contributed by atoms with Gasteiger partial charge in [0.25, 0.3) is 6.71 Å². The Balaban J connectivity index is 1.13. The minimum absolute atomic E-state index is 0.00952. The van der Waals surface area contributed by atoms with E-state index in [1.807, 2.05) is 0 Å². The van der Waals surface area contributed by atoms with Crippen LogP contribution in [0.25, 0.3) is 111 Å². The fraction of sp³-hybridized carbons (Fsp3) is 0.278. The maximum absolute atomic E-state index is 10.5. The molecule has 5 nitrogen and oxygen atoms in total. The molecule has 3 aromatic heterocycles. The molecule has 13 aromatic carbocycles. The number of fused-ring (bicyclic) bond motifs is 10. The fourth-order valence-electron chi connectivity index (χ4n) is 18.5. The third kappa shape index (κ3) is 14.0. The third-order valence-corrected chi connectivity index (χ3v) is 25.4. The third-order valence-electron chi connectivity index (χ3n) is 25.4. The molecule has 0 amide bonds. The number of hydrogen-bond acceptors (Lipinski definition) is 3. The maximum atomic E-state index is 10.5. The van der Waals surface area contributed by atoms with E-state index in [-0.39, 0.29) is 54.3 Å². The minimum atomic E-state index is -0.588. The SMILES string of the molecule is [2H]c1c([2H])c([2H])c2c(c1[2H])c1c([2H])c([2H])c([2H])c([2H])c1n2-c1cc2c3c(c1)N(c1c(-c4ccccc4)cc(C(C)(C)C)cc1-c1ccc(C(C)(C)C)nc1C(C)(C)C)c1cc(-n4c5ccc(C(C)(C)C)cc5c5cc(C(C)(C)C)ccc54)ccc1B3c1ccc(-c3cc(C(C)(C)C)cc(C(C)(C)C)c3)cc1N2c1c(-c2ccccc2)cc(C(C)(C)C)cc1-c1ccccc1. The van der Waals surface area contributed by atoms with Crippen LogP contribution in [0.15, 0.2) is 279 Å². The van der Waals surface area contributed by atoms with Crippen molar-refractivity contribution in [1.29, 1.82) is 0 Å². The summed E-state index contributed by atoms with van der Waals surface area (Å²) in [4.78, 5) is 10.9. The fourth-order valence-corrected chi connectivity index (χ4v) is 18.5. The van der Waals surface area contributed by atoms with Gasteiger partial charge in [0.05, 0.1) is 55.8 Å².